The lowest BCUT2D eigenvalue weighted by molar-refractivity contribution is 0.628. The minimum absolute atomic E-state index is 0.248. The lowest BCUT2D eigenvalue weighted by Gasteiger charge is -1.93. The number of pyridine rings is 1. The van der Waals surface area contributed by atoms with E-state index in [4.69, 9.17) is 0 Å². The van der Waals surface area contributed by atoms with Crippen LogP contribution in [-0.2, 0) is 5.75 Å². The van der Waals surface area contributed by atoms with Gasteiger partial charge in [0.25, 0.3) is 0 Å². The molecule has 0 saturated carbocycles. The van der Waals surface area contributed by atoms with Crippen LogP contribution in [0, 0.1) is 12.7 Å². The van der Waals surface area contributed by atoms with Crippen molar-refractivity contribution in [2.45, 2.75) is 17.8 Å². The van der Waals surface area contributed by atoms with E-state index in [1.807, 2.05) is 34.9 Å². The lowest BCUT2D eigenvalue weighted by atomic mass is 10.2. The van der Waals surface area contributed by atoms with Gasteiger partial charge in [-0.25, -0.2) is 14.4 Å². The monoisotopic (exact) mass is 365 g/mol. The summed E-state index contributed by atoms with van der Waals surface area (Å²) in [5.41, 5.74) is 4.01. The van der Waals surface area contributed by atoms with Crippen LogP contribution >= 0.6 is 11.8 Å². The summed E-state index contributed by atoms with van der Waals surface area (Å²) >= 11 is 1.52. The van der Waals surface area contributed by atoms with E-state index < -0.39 is 0 Å². The molecule has 0 aliphatic heterocycles. The number of benzene rings is 1. The Morgan fingerprint density at radius 3 is 2.77 bits per heavy atom. The van der Waals surface area contributed by atoms with Gasteiger partial charge in [0.15, 0.2) is 0 Å². The Balaban J connectivity index is 1.40. The van der Waals surface area contributed by atoms with Crippen LogP contribution in [0.5, 0.6) is 0 Å². The molecular weight excluding hydrogens is 349 g/mol. The maximum Gasteiger partial charge on any atom is 0.209 e. The molecule has 1 aromatic carbocycles. The van der Waals surface area contributed by atoms with Crippen LogP contribution in [0.1, 0.15) is 22.6 Å². The number of rotatable bonds is 5. The largest absolute Gasteiger partial charge is 0.307 e. The van der Waals surface area contributed by atoms with E-state index >= 15 is 0 Å². The van der Waals surface area contributed by atoms with E-state index in [1.54, 1.807) is 12.1 Å². The summed E-state index contributed by atoms with van der Waals surface area (Å²) in [6.07, 6.45) is 7.76. The third kappa shape index (κ3) is 3.83. The van der Waals surface area contributed by atoms with Crippen LogP contribution < -0.4 is 0 Å². The van der Waals surface area contributed by atoms with Crippen LogP contribution in [0.4, 0.5) is 4.39 Å². The topological polar surface area (TPSA) is 58.9 Å². The normalized spacial score (nSPS) is 11.6. The molecule has 3 aromatic heterocycles. The van der Waals surface area contributed by atoms with Gasteiger partial charge in [0.05, 0.1) is 5.69 Å². The number of imidazole rings is 1. The molecule has 0 fully saturated rings. The SMILES string of the molecule is Cc1ccc2nc(CSc3n[nH]c(C=Cc4ccc(F)cc4)n3)cn2c1. The Hall–Kier alpha value is -2.93. The number of thioether (sulfide) groups is 1. The Morgan fingerprint density at radius 1 is 1.08 bits per heavy atom. The molecular formula is C19H16FN5S. The summed E-state index contributed by atoms with van der Waals surface area (Å²) < 4.78 is 14.9. The predicted molar refractivity (Wildman–Crippen MR) is 101 cm³/mol. The second-order valence-electron chi connectivity index (χ2n) is 5.88. The number of aryl methyl sites for hydroxylation is 1. The molecule has 0 radical (unpaired) electrons. The van der Waals surface area contributed by atoms with Crippen molar-refractivity contribution >= 4 is 29.6 Å². The first-order valence-corrected chi connectivity index (χ1v) is 9.07. The molecule has 0 amide bonds. The van der Waals surface area contributed by atoms with Crippen molar-refractivity contribution in [3.05, 3.63) is 77.3 Å². The van der Waals surface area contributed by atoms with E-state index in [9.17, 15) is 4.39 Å². The molecule has 4 aromatic rings. The minimum Gasteiger partial charge on any atom is -0.307 e. The molecule has 0 atom stereocenters. The first-order chi connectivity index (χ1) is 12.7. The predicted octanol–water partition coefficient (Wildman–Crippen LogP) is 4.36. The average molecular weight is 365 g/mol. The van der Waals surface area contributed by atoms with Crippen molar-refractivity contribution in [2.24, 2.45) is 0 Å². The zero-order chi connectivity index (χ0) is 17.9. The molecule has 26 heavy (non-hydrogen) atoms. The lowest BCUT2D eigenvalue weighted by Crippen LogP contribution is -1.82. The summed E-state index contributed by atoms with van der Waals surface area (Å²) in [5, 5.41) is 7.76. The molecule has 0 aliphatic carbocycles. The number of H-pyrrole nitrogens is 1. The molecule has 5 nitrogen and oxygen atoms in total. The zero-order valence-corrected chi connectivity index (χ0v) is 14.9. The molecule has 7 heteroatoms. The van der Waals surface area contributed by atoms with E-state index in [2.05, 4.69) is 33.3 Å². The summed E-state index contributed by atoms with van der Waals surface area (Å²) in [5.74, 6) is 1.10. The Morgan fingerprint density at radius 2 is 1.92 bits per heavy atom. The highest BCUT2D eigenvalue weighted by atomic mass is 32.2. The standard InChI is InChI=1S/C19H16FN5S/c1-13-2-9-18-21-16(11-25(18)10-13)12-26-19-22-17(23-24-19)8-5-14-3-6-15(20)7-4-14/h2-11H,12H2,1H3,(H,22,23,24). The molecule has 0 bridgehead atoms. The first kappa shape index (κ1) is 16.5. The van der Waals surface area contributed by atoms with Crippen LogP contribution in [-0.4, -0.2) is 24.6 Å². The van der Waals surface area contributed by atoms with Crippen molar-refractivity contribution in [2.75, 3.05) is 0 Å². The molecule has 0 unspecified atom stereocenters. The number of halogens is 1. The fraction of sp³-hybridized carbons (Fsp3) is 0.105. The van der Waals surface area contributed by atoms with Gasteiger partial charge in [-0.2, -0.15) is 0 Å². The number of aromatic nitrogens is 5. The highest BCUT2D eigenvalue weighted by Gasteiger charge is 2.06. The fourth-order valence-electron chi connectivity index (χ4n) is 2.51. The highest BCUT2D eigenvalue weighted by molar-refractivity contribution is 7.98. The molecule has 4 rings (SSSR count). The number of fused-ring (bicyclic) bond motifs is 1. The number of nitrogens with one attached hydrogen (secondary N) is 1. The second kappa shape index (κ2) is 7.13. The van der Waals surface area contributed by atoms with Crippen molar-refractivity contribution in [1.82, 2.24) is 24.6 Å². The zero-order valence-electron chi connectivity index (χ0n) is 14.1. The maximum absolute atomic E-state index is 12.9. The van der Waals surface area contributed by atoms with Crippen molar-refractivity contribution < 1.29 is 4.39 Å². The first-order valence-electron chi connectivity index (χ1n) is 8.09. The van der Waals surface area contributed by atoms with Gasteiger partial charge in [0, 0.05) is 18.1 Å². The Bertz CT molecular complexity index is 1070. The Labute approximate surface area is 154 Å². The van der Waals surface area contributed by atoms with E-state index in [0.29, 0.717) is 16.7 Å². The molecule has 0 saturated heterocycles. The van der Waals surface area contributed by atoms with E-state index in [-0.39, 0.29) is 5.82 Å². The third-order valence-electron chi connectivity index (χ3n) is 3.78. The van der Waals surface area contributed by atoms with Crippen LogP contribution in [0.25, 0.3) is 17.8 Å². The van der Waals surface area contributed by atoms with E-state index in [1.165, 1.54) is 29.5 Å². The third-order valence-corrected chi connectivity index (χ3v) is 4.66. The smallest absolute Gasteiger partial charge is 0.209 e. The molecule has 130 valence electrons. The molecule has 0 aliphatic rings. The quantitative estimate of drug-likeness (QED) is 0.534. The van der Waals surface area contributed by atoms with Gasteiger partial charge < -0.3 is 4.40 Å². The number of aromatic amines is 1. The highest BCUT2D eigenvalue weighted by Crippen LogP contribution is 2.19. The summed E-state index contributed by atoms with van der Waals surface area (Å²) in [6.45, 7) is 2.06. The van der Waals surface area contributed by atoms with Crippen LogP contribution in [0.15, 0.2) is 53.9 Å². The fourth-order valence-corrected chi connectivity index (χ4v) is 3.20. The van der Waals surface area contributed by atoms with Gasteiger partial charge in [-0.15, -0.1) is 5.10 Å². The van der Waals surface area contributed by atoms with Gasteiger partial charge in [0.2, 0.25) is 5.16 Å². The number of hydrogen-bond acceptors (Lipinski definition) is 4. The Kier molecular flexibility index (Phi) is 4.53. The summed E-state index contributed by atoms with van der Waals surface area (Å²) in [7, 11) is 0. The maximum atomic E-state index is 12.9. The number of nitrogens with zero attached hydrogens (tertiary/aromatic N) is 4. The van der Waals surface area contributed by atoms with E-state index in [0.717, 1.165) is 16.9 Å². The van der Waals surface area contributed by atoms with Crippen LogP contribution in [0.3, 0.4) is 0 Å². The van der Waals surface area contributed by atoms with Gasteiger partial charge in [-0.05, 0) is 42.3 Å². The van der Waals surface area contributed by atoms with Gasteiger partial charge in [0.1, 0.15) is 17.3 Å². The number of hydrogen-bond donors (Lipinski definition) is 1. The van der Waals surface area contributed by atoms with Crippen molar-refractivity contribution in [1.29, 1.82) is 0 Å². The average Bonchev–Trinajstić information content (AvgIpc) is 3.25. The van der Waals surface area contributed by atoms with Gasteiger partial charge in [-0.3, -0.25) is 5.10 Å². The summed E-state index contributed by atoms with van der Waals surface area (Å²) in [4.78, 5) is 9.02. The van der Waals surface area contributed by atoms with Crippen molar-refractivity contribution in [3.63, 3.8) is 0 Å². The second-order valence-corrected chi connectivity index (χ2v) is 6.82. The summed E-state index contributed by atoms with van der Waals surface area (Å²) in [6, 6.07) is 10.3. The molecule has 3 heterocycles. The van der Waals surface area contributed by atoms with Crippen LogP contribution in [0.2, 0.25) is 0 Å². The molecule has 1 N–H and O–H groups in total. The van der Waals surface area contributed by atoms with Gasteiger partial charge in [-0.1, -0.05) is 36.0 Å². The minimum atomic E-state index is -0.248. The van der Waals surface area contributed by atoms with Crippen molar-refractivity contribution in [3.8, 4) is 0 Å². The van der Waals surface area contributed by atoms with Gasteiger partial charge >= 0.3 is 0 Å². The molecule has 0 spiro atoms.